The van der Waals surface area contributed by atoms with Crippen LogP contribution in [0.3, 0.4) is 0 Å². The first kappa shape index (κ1) is 10.5. The Bertz CT molecular complexity index is 347. The Morgan fingerprint density at radius 2 is 2.27 bits per heavy atom. The van der Waals surface area contributed by atoms with Gasteiger partial charge in [-0.25, -0.2) is 8.78 Å². The highest BCUT2D eigenvalue weighted by Gasteiger charge is 2.33. The lowest BCUT2D eigenvalue weighted by Gasteiger charge is -2.15. The van der Waals surface area contributed by atoms with Gasteiger partial charge in [0.2, 0.25) is 0 Å². The molecule has 0 amide bonds. The van der Waals surface area contributed by atoms with Gasteiger partial charge >= 0.3 is 0 Å². The molecule has 1 N–H and O–H groups in total. The van der Waals surface area contributed by atoms with Gasteiger partial charge in [0.25, 0.3) is 6.43 Å². The fourth-order valence-corrected chi connectivity index (χ4v) is 1.87. The van der Waals surface area contributed by atoms with Gasteiger partial charge in [0.05, 0.1) is 18.8 Å². The van der Waals surface area contributed by atoms with Crippen LogP contribution in [0.2, 0.25) is 0 Å². The summed E-state index contributed by atoms with van der Waals surface area (Å²) in [5.74, 6) is 0.467. The van der Waals surface area contributed by atoms with Crippen molar-refractivity contribution >= 4 is 0 Å². The first-order valence-corrected chi connectivity index (χ1v) is 5.10. The molecule has 0 bridgehead atoms. The van der Waals surface area contributed by atoms with Gasteiger partial charge < -0.3 is 5.11 Å². The zero-order valence-electron chi connectivity index (χ0n) is 8.53. The summed E-state index contributed by atoms with van der Waals surface area (Å²) in [5, 5.41) is 12.9. The zero-order chi connectivity index (χ0) is 11.0. The molecule has 1 aliphatic rings. The van der Waals surface area contributed by atoms with Gasteiger partial charge in [-0.05, 0) is 25.7 Å². The van der Waals surface area contributed by atoms with Crippen molar-refractivity contribution in [2.75, 3.05) is 0 Å². The molecule has 1 heterocycles. The Balaban J connectivity index is 2.32. The molecule has 0 aliphatic heterocycles. The number of rotatable bonds is 4. The second-order valence-corrected chi connectivity index (χ2v) is 4.04. The quantitative estimate of drug-likeness (QED) is 0.838. The van der Waals surface area contributed by atoms with Gasteiger partial charge in [-0.3, -0.25) is 4.68 Å². The van der Waals surface area contributed by atoms with Crippen LogP contribution in [0.25, 0.3) is 0 Å². The summed E-state index contributed by atoms with van der Waals surface area (Å²) in [6.45, 7) is 1.52. The first-order chi connectivity index (χ1) is 7.15. The molecule has 1 aromatic rings. The standard InChI is InChI=1S/C10H14F2N2O/c1-6(7-2-3-7)14-9(10(11)12)8(5-15)4-13-14/h4,6-7,10,15H,2-3,5H2,1H3. The van der Waals surface area contributed by atoms with Crippen LogP contribution in [0.4, 0.5) is 8.78 Å². The molecular weight excluding hydrogens is 202 g/mol. The Kier molecular flexibility index (Phi) is 2.73. The van der Waals surface area contributed by atoms with Crippen molar-refractivity contribution in [1.29, 1.82) is 0 Å². The van der Waals surface area contributed by atoms with Crippen molar-refractivity contribution < 1.29 is 13.9 Å². The molecule has 1 aliphatic carbocycles. The third kappa shape index (κ3) is 1.88. The molecule has 84 valence electrons. The number of nitrogens with zero attached hydrogens (tertiary/aromatic N) is 2. The molecule has 1 saturated carbocycles. The van der Waals surface area contributed by atoms with E-state index in [1.165, 1.54) is 10.9 Å². The summed E-state index contributed by atoms with van der Waals surface area (Å²) in [4.78, 5) is 0. The van der Waals surface area contributed by atoms with Crippen molar-refractivity contribution in [2.24, 2.45) is 5.92 Å². The van der Waals surface area contributed by atoms with Crippen LogP contribution in [0.5, 0.6) is 0 Å². The van der Waals surface area contributed by atoms with E-state index in [9.17, 15) is 8.78 Å². The minimum atomic E-state index is -2.57. The lowest BCUT2D eigenvalue weighted by molar-refractivity contribution is 0.131. The van der Waals surface area contributed by atoms with E-state index >= 15 is 0 Å². The molecule has 0 aromatic carbocycles. The fourth-order valence-electron chi connectivity index (χ4n) is 1.87. The first-order valence-electron chi connectivity index (χ1n) is 5.10. The molecule has 1 aromatic heterocycles. The smallest absolute Gasteiger partial charge is 0.280 e. The second-order valence-electron chi connectivity index (χ2n) is 4.04. The molecule has 1 fully saturated rings. The highest BCUT2D eigenvalue weighted by Crippen LogP contribution is 2.41. The topological polar surface area (TPSA) is 38.0 Å². The van der Waals surface area contributed by atoms with Crippen molar-refractivity contribution in [1.82, 2.24) is 9.78 Å². The van der Waals surface area contributed by atoms with E-state index in [1.54, 1.807) is 0 Å². The maximum Gasteiger partial charge on any atom is 0.280 e. The zero-order valence-corrected chi connectivity index (χ0v) is 8.53. The van der Waals surface area contributed by atoms with Gasteiger partial charge in [0.1, 0.15) is 5.69 Å². The van der Waals surface area contributed by atoms with Crippen LogP contribution in [0, 0.1) is 5.92 Å². The molecule has 0 radical (unpaired) electrons. The molecule has 2 rings (SSSR count). The van der Waals surface area contributed by atoms with Gasteiger partial charge in [0.15, 0.2) is 0 Å². The minimum absolute atomic E-state index is 0.00861. The van der Waals surface area contributed by atoms with Crippen LogP contribution in [-0.2, 0) is 6.61 Å². The van der Waals surface area contributed by atoms with Gasteiger partial charge in [-0.15, -0.1) is 0 Å². The Labute approximate surface area is 86.7 Å². The van der Waals surface area contributed by atoms with E-state index in [1.807, 2.05) is 6.92 Å². The summed E-state index contributed by atoms with van der Waals surface area (Å²) in [7, 11) is 0. The van der Waals surface area contributed by atoms with E-state index in [-0.39, 0.29) is 23.9 Å². The molecular formula is C10H14F2N2O. The monoisotopic (exact) mass is 216 g/mol. The number of hydrogen-bond donors (Lipinski definition) is 1. The summed E-state index contributed by atoms with van der Waals surface area (Å²) in [6, 6.07) is 0.00861. The van der Waals surface area contributed by atoms with E-state index in [0.717, 1.165) is 12.8 Å². The summed E-state index contributed by atoms with van der Waals surface area (Å²) in [6.07, 6.45) is 0.923. The molecule has 1 atom stereocenters. The number of alkyl halides is 2. The lowest BCUT2D eigenvalue weighted by atomic mass is 10.2. The Hall–Kier alpha value is -0.970. The predicted molar refractivity (Wildman–Crippen MR) is 50.5 cm³/mol. The van der Waals surface area contributed by atoms with Crippen LogP contribution in [0.1, 0.15) is 43.5 Å². The van der Waals surface area contributed by atoms with Crippen molar-refractivity contribution in [3.05, 3.63) is 17.5 Å². The van der Waals surface area contributed by atoms with Crippen LogP contribution in [0.15, 0.2) is 6.20 Å². The maximum absolute atomic E-state index is 12.8. The van der Waals surface area contributed by atoms with Crippen molar-refractivity contribution in [3.8, 4) is 0 Å². The minimum Gasteiger partial charge on any atom is -0.392 e. The summed E-state index contributed by atoms with van der Waals surface area (Å²) < 4.78 is 26.9. The average molecular weight is 216 g/mol. The van der Waals surface area contributed by atoms with Crippen molar-refractivity contribution in [2.45, 2.75) is 38.8 Å². The number of aromatic nitrogens is 2. The third-order valence-corrected chi connectivity index (χ3v) is 2.98. The number of hydrogen-bond acceptors (Lipinski definition) is 2. The van der Waals surface area contributed by atoms with E-state index in [2.05, 4.69) is 5.10 Å². The highest BCUT2D eigenvalue weighted by molar-refractivity contribution is 5.19. The van der Waals surface area contributed by atoms with Gasteiger partial charge in [-0.2, -0.15) is 5.10 Å². The molecule has 15 heavy (non-hydrogen) atoms. The molecule has 0 saturated heterocycles. The third-order valence-electron chi connectivity index (χ3n) is 2.98. The SMILES string of the molecule is CC(C1CC1)n1ncc(CO)c1C(F)F. The highest BCUT2D eigenvalue weighted by atomic mass is 19.3. The Morgan fingerprint density at radius 3 is 2.73 bits per heavy atom. The molecule has 3 nitrogen and oxygen atoms in total. The molecule has 0 spiro atoms. The molecule has 1 unspecified atom stereocenters. The van der Waals surface area contributed by atoms with E-state index in [0.29, 0.717) is 5.92 Å². The summed E-state index contributed by atoms with van der Waals surface area (Å²) in [5.41, 5.74) is 0.106. The van der Waals surface area contributed by atoms with Gasteiger partial charge in [0, 0.05) is 5.56 Å². The largest absolute Gasteiger partial charge is 0.392 e. The summed E-state index contributed by atoms with van der Waals surface area (Å²) >= 11 is 0. The number of halogens is 2. The van der Waals surface area contributed by atoms with Crippen LogP contribution >= 0.6 is 0 Å². The van der Waals surface area contributed by atoms with Crippen molar-refractivity contribution in [3.63, 3.8) is 0 Å². The van der Waals surface area contributed by atoms with Crippen LogP contribution < -0.4 is 0 Å². The molecule has 5 heteroatoms. The fraction of sp³-hybridized carbons (Fsp3) is 0.700. The average Bonchev–Trinajstić information content (AvgIpc) is 2.95. The van der Waals surface area contributed by atoms with E-state index in [4.69, 9.17) is 5.11 Å². The maximum atomic E-state index is 12.8. The second kappa shape index (κ2) is 3.89. The number of aliphatic hydroxyl groups is 1. The van der Waals surface area contributed by atoms with Crippen LogP contribution in [-0.4, -0.2) is 14.9 Å². The van der Waals surface area contributed by atoms with E-state index < -0.39 is 6.43 Å². The Morgan fingerprint density at radius 1 is 1.60 bits per heavy atom. The predicted octanol–water partition coefficient (Wildman–Crippen LogP) is 2.28. The number of aliphatic hydroxyl groups excluding tert-OH is 1. The normalized spacial score (nSPS) is 18.5. The van der Waals surface area contributed by atoms with Gasteiger partial charge in [-0.1, -0.05) is 0 Å². The lowest BCUT2D eigenvalue weighted by Crippen LogP contribution is -2.13.